The van der Waals surface area contributed by atoms with E-state index in [0.717, 1.165) is 42.6 Å². The Hall–Kier alpha value is -1.94. The fourth-order valence-corrected chi connectivity index (χ4v) is 3.23. The van der Waals surface area contributed by atoms with Gasteiger partial charge in [-0.1, -0.05) is 24.6 Å². The molecule has 122 valence electrons. The molecule has 0 bridgehead atoms. The first-order valence-electron chi connectivity index (χ1n) is 8.49. The smallest absolute Gasteiger partial charge is 0.272 e. The van der Waals surface area contributed by atoms with Gasteiger partial charge >= 0.3 is 0 Å². The second-order valence-corrected chi connectivity index (χ2v) is 6.47. The summed E-state index contributed by atoms with van der Waals surface area (Å²) in [4.78, 5) is 21.5. The maximum absolute atomic E-state index is 12.7. The van der Waals surface area contributed by atoms with Gasteiger partial charge in [-0.2, -0.15) is 0 Å². The first-order valence-corrected chi connectivity index (χ1v) is 8.49. The molecule has 0 saturated carbocycles. The van der Waals surface area contributed by atoms with E-state index in [9.17, 15) is 4.79 Å². The van der Waals surface area contributed by atoms with Gasteiger partial charge in [-0.15, -0.1) is 0 Å². The Morgan fingerprint density at radius 2 is 1.96 bits per heavy atom. The summed E-state index contributed by atoms with van der Waals surface area (Å²) in [5.41, 5.74) is 2.53. The summed E-state index contributed by atoms with van der Waals surface area (Å²) in [6.45, 7) is 6.07. The molecule has 1 saturated heterocycles. The monoisotopic (exact) mass is 311 g/mol. The molecule has 1 aromatic carbocycles. The van der Waals surface area contributed by atoms with Crippen molar-refractivity contribution < 1.29 is 4.79 Å². The molecule has 4 nitrogen and oxygen atoms in total. The number of carbonyl (C=O) groups is 1. The molecule has 1 amide bonds. The number of likely N-dealkylation sites (tertiary alicyclic amines) is 1. The number of amides is 1. The van der Waals surface area contributed by atoms with Gasteiger partial charge in [0.1, 0.15) is 5.69 Å². The molecule has 0 unspecified atom stereocenters. The fourth-order valence-electron chi connectivity index (χ4n) is 3.23. The number of likely N-dealkylation sites (N-methyl/N-ethyl adjacent to an activating group) is 1. The van der Waals surface area contributed by atoms with Crippen LogP contribution in [0.25, 0.3) is 10.9 Å². The SMILES string of the molecule is Cc1cc(C(=O)N(C)CCN2CCCCC2)nc2ccccc12. The number of hydrogen-bond acceptors (Lipinski definition) is 3. The lowest BCUT2D eigenvalue weighted by molar-refractivity contribution is 0.0767. The molecule has 0 N–H and O–H groups in total. The Bertz CT molecular complexity index is 692. The first kappa shape index (κ1) is 15.9. The van der Waals surface area contributed by atoms with Crippen molar-refractivity contribution in [1.29, 1.82) is 0 Å². The number of benzene rings is 1. The molecule has 3 rings (SSSR count). The average Bonchev–Trinajstić information content (AvgIpc) is 2.60. The third kappa shape index (κ3) is 3.70. The summed E-state index contributed by atoms with van der Waals surface area (Å²) >= 11 is 0. The molecule has 2 heterocycles. The third-order valence-electron chi connectivity index (χ3n) is 4.69. The first-order chi connectivity index (χ1) is 11.1. The molecule has 1 aromatic heterocycles. The largest absolute Gasteiger partial charge is 0.339 e. The van der Waals surface area contributed by atoms with Crippen LogP contribution in [0.1, 0.15) is 35.3 Å². The lowest BCUT2D eigenvalue weighted by Crippen LogP contribution is -2.38. The minimum absolute atomic E-state index is 0.0101. The van der Waals surface area contributed by atoms with E-state index in [1.54, 1.807) is 4.90 Å². The summed E-state index contributed by atoms with van der Waals surface area (Å²) in [5, 5.41) is 1.11. The van der Waals surface area contributed by atoms with Crippen LogP contribution in [-0.2, 0) is 0 Å². The molecule has 2 aromatic rings. The van der Waals surface area contributed by atoms with Crippen LogP contribution in [0, 0.1) is 6.92 Å². The lowest BCUT2D eigenvalue weighted by Gasteiger charge is -2.28. The number of piperidine rings is 1. The highest BCUT2D eigenvalue weighted by atomic mass is 16.2. The molecule has 1 aliphatic rings. The number of carbonyl (C=O) groups excluding carboxylic acids is 1. The Balaban J connectivity index is 1.69. The summed E-state index contributed by atoms with van der Waals surface area (Å²) in [7, 11) is 1.87. The molecule has 0 aliphatic carbocycles. The summed E-state index contributed by atoms with van der Waals surface area (Å²) < 4.78 is 0. The van der Waals surface area contributed by atoms with Crippen molar-refractivity contribution in [2.24, 2.45) is 0 Å². The minimum atomic E-state index is 0.0101. The molecular formula is C19H25N3O. The molecule has 0 radical (unpaired) electrons. The zero-order chi connectivity index (χ0) is 16.2. The number of rotatable bonds is 4. The zero-order valence-electron chi connectivity index (χ0n) is 14.1. The molecule has 0 spiro atoms. The fraction of sp³-hybridized carbons (Fsp3) is 0.474. The van der Waals surface area contributed by atoms with Crippen LogP contribution in [0.3, 0.4) is 0 Å². The Morgan fingerprint density at radius 3 is 2.74 bits per heavy atom. The van der Waals surface area contributed by atoms with Crippen LogP contribution in [0.15, 0.2) is 30.3 Å². The van der Waals surface area contributed by atoms with Crippen molar-refractivity contribution in [1.82, 2.24) is 14.8 Å². The van der Waals surface area contributed by atoms with Gasteiger partial charge in [-0.3, -0.25) is 4.79 Å². The average molecular weight is 311 g/mol. The van der Waals surface area contributed by atoms with Crippen LogP contribution in [0.2, 0.25) is 0 Å². The van der Waals surface area contributed by atoms with Crippen molar-refractivity contribution in [2.75, 3.05) is 33.2 Å². The van der Waals surface area contributed by atoms with E-state index in [4.69, 9.17) is 0 Å². The maximum atomic E-state index is 12.7. The van der Waals surface area contributed by atoms with Gasteiger partial charge in [0, 0.05) is 25.5 Å². The number of hydrogen-bond donors (Lipinski definition) is 0. The topological polar surface area (TPSA) is 36.4 Å². The standard InChI is InChI=1S/C19H25N3O/c1-15-14-18(20-17-9-5-4-8-16(15)17)19(23)21(2)12-13-22-10-6-3-7-11-22/h4-5,8-9,14H,3,6-7,10-13H2,1-2H3. The van der Waals surface area contributed by atoms with Crippen molar-refractivity contribution in [2.45, 2.75) is 26.2 Å². The minimum Gasteiger partial charge on any atom is -0.339 e. The normalized spacial score (nSPS) is 15.7. The Kier molecular flexibility index (Phi) is 4.91. The van der Waals surface area contributed by atoms with Crippen LogP contribution in [0.4, 0.5) is 0 Å². The van der Waals surface area contributed by atoms with Crippen LogP contribution >= 0.6 is 0 Å². The van der Waals surface area contributed by atoms with E-state index in [-0.39, 0.29) is 5.91 Å². The van der Waals surface area contributed by atoms with E-state index in [1.165, 1.54) is 19.3 Å². The number of para-hydroxylation sites is 1. The van der Waals surface area contributed by atoms with E-state index in [2.05, 4.69) is 9.88 Å². The summed E-state index contributed by atoms with van der Waals surface area (Å²) in [6, 6.07) is 9.88. The third-order valence-corrected chi connectivity index (χ3v) is 4.69. The van der Waals surface area contributed by atoms with Crippen molar-refractivity contribution >= 4 is 16.8 Å². The maximum Gasteiger partial charge on any atom is 0.272 e. The number of aryl methyl sites for hydroxylation is 1. The van der Waals surface area contributed by atoms with Gasteiger partial charge in [0.15, 0.2) is 0 Å². The molecule has 0 atom stereocenters. The second kappa shape index (κ2) is 7.09. The second-order valence-electron chi connectivity index (χ2n) is 6.47. The zero-order valence-corrected chi connectivity index (χ0v) is 14.1. The number of nitrogens with zero attached hydrogens (tertiary/aromatic N) is 3. The highest BCUT2D eigenvalue weighted by molar-refractivity contribution is 5.95. The summed E-state index contributed by atoms with van der Waals surface area (Å²) in [6.07, 6.45) is 3.90. The van der Waals surface area contributed by atoms with Gasteiger partial charge in [0.05, 0.1) is 5.52 Å². The highest BCUT2D eigenvalue weighted by Crippen LogP contribution is 2.18. The van der Waals surface area contributed by atoms with Gasteiger partial charge < -0.3 is 9.80 Å². The van der Waals surface area contributed by atoms with Crippen molar-refractivity contribution in [3.05, 3.63) is 41.6 Å². The predicted octanol–water partition coefficient (Wildman–Crippen LogP) is 3.10. The van der Waals surface area contributed by atoms with Crippen molar-refractivity contribution in [3.8, 4) is 0 Å². The van der Waals surface area contributed by atoms with Gasteiger partial charge in [0.25, 0.3) is 5.91 Å². The Labute approximate surface area is 138 Å². The van der Waals surface area contributed by atoms with Gasteiger partial charge in [-0.05, 0) is 50.6 Å². The van der Waals surface area contributed by atoms with E-state index >= 15 is 0 Å². The molecule has 4 heteroatoms. The van der Waals surface area contributed by atoms with Gasteiger partial charge in [0.2, 0.25) is 0 Å². The molecular weight excluding hydrogens is 286 g/mol. The molecule has 23 heavy (non-hydrogen) atoms. The summed E-state index contributed by atoms with van der Waals surface area (Å²) in [5.74, 6) is 0.0101. The number of fused-ring (bicyclic) bond motifs is 1. The van der Waals surface area contributed by atoms with E-state index in [0.29, 0.717) is 5.69 Å². The number of pyridine rings is 1. The van der Waals surface area contributed by atoms with E-state index in [1.807, 2.05) is 44.3 Å². The number of aromatic nitrogens is 1. The quantitative estimate of drug-likeness (QED) is 0.870. The van der Waals surface area contributed by atoms with Crippen LogP contribution in [0.5, 0.6) is 0 Å². The molecule has 1 fully saturated rings. The predicted molar refractivity (Wildman–Crippen MR) is 93.7 cm³/mol. The Morgan fingerprint density at radius 1 is 1.22 bits per heavy atom. The lowest BCUT2D eigenvalue weighted by atomic mass is 10.1. The van der Waals surface area contributed by atoms with Crippen LogP contribution in [-0.4, -0.2) is 53.9 Å². The van der Waals surface area contributed by atoms with Crippen molar-refractivity contribution in [3.63, 3.8) is 0 Å². The van der Waals surface area contributed by atoms with Gasteiger partial charge in [-0.25, -0.2) is 4.98 Å². The van der Waals surface area contributed by atoms with Crippen LogP contribution < -0.4 is 0 Å². The molecule has 1 aliphatic heterocycles. The van der Waals surface area contributed by atoms with E-state index < -0.39 is 0 Å². The highest BCUT2D eigenvalue weighted by Gasteiger charge is 2.17.